The fraction of sp³-hybridized carbons (Fsp3) is 0.792. The van der Waals surface area contributed by atoms with Crippen molar-refractivity contribution in [2.75, 3.05) is 13.1 Å². The van der Waals surface area contributed by atoms with Crippen LogP contribution in [0.25, 0.3) is 0 Å². The second kappa shape index (κ2) is 8.22. The van der Waals surface area contributed by atoms with E-state index < -0.39 is 5.60 Å². The van der Waals surface area contributed by atoms with Crippen LogP contribution in [0.5, 0.6) is 5.88 Å². The Morgan fingerprint density at radius 1 is 1.22 bits per heavy atom. The van der Waals surface area contributed by atoms with E-state index in [1.54, 1.807) is 6.20 Å². The Hall–Kier alpha value is -1.77. The maximum atomic E-state index is 14.2. The molecule has 32 heavy (non-hydrogen) atoms. The molecule has 1 amide bonds. The van der Waals surface area contributed by atoms with Gasteiger partial charge in [-0.1, -0.05) is 0 Å². The molecule has 0 aromatic carbocycles. The number of morpholine rings is 1. The average Bonchev–Trinajstić information content (AvgIpc) is 2.68. The number of hydrogen-bond donors (Lipinski definition) is 1. The molecule has 4 atom stereocenters. The molecule has 5 aliphatic rings. The number of nitrogens with zero attached hydrogens (tertiary/aromatic N) is 4. The van der Waals surface area contributed by atoms with Gasteiger partial charge in [-0.05, 0) is 77.6 Å². The molecule has 0 spiro atoms. The summed E-state index contributed by atoms with van der Waals surface area (Å²) in [5.41, 5.74) is -0.143. The van der Waals surface area contributed by atoms with Gasteiger partial charge in [-0.2, -0.15) is 0 Å². The van der Waals surface area contributed by atoms with Crippen molar-refractivity contribution < 1.29 is 19.4 Å². The van der Waals surface area contributed by atoms with Crippen molar-refractivity contribution in [2.45, 2.75) is 89.8 Å². The summed E-state index contributed by atoms with van der Waals surface area (Å²) in [7, 11) is 0. The zero-order valence-electron chi connectivity index (χ0n) is 19.6. The van der Waals surface area contributed by atoms with Gasteiger partial charge >= 0.3 is 0 Å². The molecule has 1 N–H and O–H groups in total. The first kappa shape index (κ1) is 22.0. The minimum Gasteiger partial charge on any atom is -0.474 e. The second-order valence-electron chi connectivity index (χ2n) is 10.9. The summed E-state index contributed by atoms with van der Waals surface area (Å²) >= 11 is 0. The Kier molecular flexibility index (Phi) is 5.66. The molecule has 1 aliphatic heterocycles. The van der Waals surface area contributed by atoms with Gasteiger partial charge in [0.1, 0.15) is 11.9 Å². The van der Waals surface area contributed by atoms with Gasteiger partial charge in [0.05, 0.1) is 30.0 Å². The van der Waals surface area contributed by atoms with E-state index in [0.29, 0.717) is 42.3 Å². The highest BCUT2D eigenvalue weighted by atomic mass is 16.5. The molecule has 4 bridgehead atoms. The van der Waals surface area contributed by atoms with Crippen LogP contribution in [0, 0.1) is 17.8 Å². The van der Waals surface area contributed by atoms with Gasteiger partial charge in [-0.3, -0.25) is 9.80 Å². The third-order valence-electron chi connectivity index (χ3n) is 7.64. The zero-order valence-corrected chi connectivity index (χ0v) is 19.6. The minimum atomic E-state index is -0.547. The quantitative estimate of drug-likeness (QED) is 0.747. The van der Waals surface area contributed by atoms with Gasteiger partial charge < -0.3 is 14.6 Å². The monoisotopic (exact) mass is 444 g/mol. The number of aromatic nitrogens is 2. The number of ether oxygens (including phenoxy) is 2. The minimum absolute atomic E-state index is 0.0356. The smallest absolute Gasteiger partial charge is 0.275 e. The standard InChI is InChI=1S/C24H36N4O4/c1-14(2)31-22-20(10-25-13-26-22)23(29)28(27-11-15(3)32-16(4)12-27)21-18-5-17-6-19(21)9-24(30,7-17)8-18/h10,13-19,21,30H,5-9,11-12H2,1-4H3/t15-,16+,17?,18?,19?,21?,24?. The van der Waals surface area contributed by atoms with Gasteiger partial charge in [0.15, 0.2) is 0 Å². The second-order valence-corrected chi connectivity index (χ2v) is 10.9. The van der Waals surface area contributed by atoms with Crippen molar-refractivity contribution in [2.24, 2.45) is 17.8 Å². The van der Waals surface area contributed by atoms with E-state index in [1.807, 2.05) is 18.9 Å². The topological polar surface area (TPSA) is 88.0 Å². The van der Waals surface area contributed by atoms with Crippen molar-refractivity contribution in [3.8, 4) is 5.88 Å². The molecule has 5 fully saturated rings. The first-order chi connectivity index (χ1) is 15.2. The molecule has 6 rings (SSSR count). The van der Waals surface area contributed by atoms with E-state index in [9.17, 15) is 9.90 Å². The number of hydrogen-bond acceptors (Lipinski definition) is 7. The zero-order chi connectivity index (χ0) is 22.6. The molecule has 8 heteroatoms. The molecular weight excluding hydrogens is 408 g/mol. The molecule has 1 saturated heterocycles. The fourth-order valence-electron chi connectivity index (χ4n) is 7.04. The molecule has 8 nitrogen and oxygen atoms in total. The third-order valence-corrected chi connectivity index (χ3v) is 7.64. The largest absolute Gasteiger partial charge is 0.474 e. The number of hydrazine groups is 1. The first-order valence-electron chi connectivity index (χ1n) is 12.2. The van der Waals surface area contributed by atoms with Crippen LogP contribution in [-0.2, 0) is 4.74 Å². The van der Waals surface area contributed by atoms with Gasteiger partial charge in [0, 0.05) is 19.3 Å². The summed E-state index contributed by atoms with van der Waals surface area (Å²) in [6, 6.07) is 0.0731. The molecule has 2 unspecified atom stereocenters. The lowest BCUT2D eigenvalue weighted by atomic mass is 9.52. The van der Waals surface area contributed by atoms with E-state index in [2.05, 4.69) is 28.8 Å². The first-order valence-corrected chi connectivity index (χ1v) is 12.2. The van der Waals surface area contributed by atoms with Crippen LogP contribution in [0.15, 0.2) is 12.5 Å². The lowest BCUT2D eigenvalue weighted by molar-refractivity contribution is -0.204. The highest BCUT2D eigenvalue weighted by molar-refractivity contribution is 5.96. The average molecular weight is 445 g/mol. The number of rotatable bonds is 5. The maximum absolute atomic E-state index is 14.2. The van der Waals surface area contributed by atoms with Crippen molar-refractivity contribution in [3.63, 3.8) is 0 Å². The fourth-order valence-corrected chi connectivity index (χ4v) is 7.04. The van der Waals surface area contributed by atoms with Gasteiger partial charge in [0.25, 0.3) is 5.91 Å². The van der Waals surface area contributed by atoms with Crippen molar-refractivity contribution in [3.05, 3.63) is 18.1 Å². The molecule has 4 aliphatic carbocycles. The number of aliphatic hydroxyl groups is 1. The Bertz CT molecular complexity index is 838. The predicted molar refractivity (Wildman–Crippen MR) is 118 cm³/mol. The highest BCUT2D eigenvalue weighted by Crippen LogP contribution is 2.57. The normalized spacial score (nSPS) is 38.8. The lowest BCUT2D eigenvalue weighted by Gasteiger charge is -2.61. The van der Waals surface area contributed by atoms with Crippen LogP contribution >= 0.6 is 0 Å². The van der Waals surface area contributed by atoms with Crippen molar-refractivity contribution >= 4 is 5.91 Å². The molecule has 1 aromatic rings. The van der Waals surface area contributed by atoms with Crippen molar-refractivity contribution in [1.29, 1.82) is 0 Å². The van der Waals surface area contributed by atoms with Crippen LogP contribution in [0.2, 0.25) is 0 Å². The highest BCUT2D eigenvalue weighted by Gasteiger charge is 2.58. The lowest BCUT2D eigenvalue weighted by Crippen LogP contribution is -2.67. The number of amides is 1. The Morgan fingerprint density at radius 2 is 1.88 bits per heavy atom. The summed E-state index contributed by atoms with van der Waals surface area (Å²) < 4.78 is 11.9. The molecule has 2 heterocycles. The van der Waals surface area contributed by atoms with E-state index in [-0.39, 0.29) is 30.3 Å². The van der Waals surface area contributed by atoms with E-state index in [4.69, 9.17) is 9.47 Å². The molecule has 1 aromatic heterocycles. The summed E-state index contributed by atoms with van der Waals surface area (Å²) in [5.74, 6) is 1.42. The van der Waals surface area contributed by atoms with Gasteiger partial charge in [0.2, 0.25) is 5.88 Å². The van der Waals surface area contributed by atoms with Crippen LogP contribution in [-0.4, -0.2) is 74.0 Å². The summed E-state index contributed by atoms with van der Waals surface area (Å²) in [5, 5.41) is 15.3. The Labute approximate surface area is 190 Å². The SMILES string of the molecule is CC(C)Oc1ncncc1C(=O)N(C1C2CC3CC1CC(O)(C3)C2)N1C[C@@H](C)O[C@@H](C)C1. The summed E-state index contributed by atoms with van der Waals surface area (Å²) in [4.78, 5) is 22.6. The number of carbonyl (C=O) groups excluding carboxylic acids is 1. The molecule has 4 saturated carbocycles. The Morgan fingerprint density at radius 3 is 2.47 bits per heavy atom. The third kappa shape index (κ3) is 4.01. The van der Waals surface area contributed by atoms with Crippen molar-refractivity contribution in [1.82, 2.24) is 20.0 Å². The van der Waals surface area contributed by atoms with E-state index >= 15 is 0 Å². The van der Waals surface area contributed by atoms with Crippen LogP contribution in [0.3, 0.4) is 0 Å². The molecular formula is C24H36N4O4. The van der Waals surface area contributed by atoms with Crippen LogP contribution < -0.4 is 4.74 Å². The molecule has 0 radical (unpaired) electrons. The van der Waals surface area contributed by atoms with E-state index in [1.165, 1.54) is 6.33 Å². The van der Waals surface area contributed by atoms with E-state index in [0.717, 1.165) is 32.1 Å². The van der Waals surface area contributed by atoms with Gasteiger partial charge in [-0.25, -0.2) is 15.0 Å². The van der Waals surface area contributed by atoms with Crippen LogP contribution in [0.4, 0.5) is 0 Å². The summed E-state index contributed by atoms with van der Waals surface area (Å²) in [6.45, 7) is 9.30. The number of carbonyl (C=O) groups is 1. The van der Waals surface area contributed by atoms with Gasteiger partial charge in [-0.15, -0.1) is 0 Å². The Balaban J connectivity index is 1.52. The molecule has 176 valence electrons. The maximum Gasteiger partial charge on any atom is 0.275 e. The van der Waals surface area contributed by atoms with Crippen LogP contribution in [0.1, 0.15) is 70.2 Å². The predicted octanol–water partition coefficient (Wildman–Crippen LogP) is 2.67. The summed E-state index contributed by atoms with van der Waals surface area (Å²) in [6.07, 6.45) is 7.64.